The fourth-order valence-corrected chi connectivity index (χ4v) is 5.93. The second-order valence-electron chi connectivity index (χ2n) is 10.6. The molecule has 10 heteroatoms. The number of unbranched alkanes of at least 4 members (excludes halogenated alkanes) is 1. The summed E-state index contributed by atoms with van der Waals surface area (Å²) in [6.07, 6.45) is 2.00. The first-order valence-electron chi connectivity index (χ1n) is 13.7. The molecule has 208 valence electrons. The van der Waals surface area contributed by atoms with Crippen molar-refractivity contribution in [3.8, 4) is 0 Å². The molecule has 0 aromatic heterocycles. The minimum Gasteiger partial charge on any atom is -0.444 e. The molecule has 2 aromatic carbocycles. The van der Waals surface area contributed by atoms with E-state index in [1.54, 1.807) is 0 Å². The fraction of sp³-hybridized carbons (Fsp3) is 0.483. The van der Waals surface area contributed by atoms with Crippen molar-refractivity contribution < 1.29 is 23.5 Å². The second kappa shape index (κ2) is 11.7. The third-order valence-electron chi connectivity index (χ3n) is 8.03. The quantitative estimate of drug-likeness (QED) is 0.545. The molecule has 0 radical (unpaired) electrons. The molecule has 2 fully saturated rings. The van der Waals surface area contributed by atoms with E-state index in [-0.39, 0.29) is 30.7 Å². The van der Waals surface area contributed by atoms with Crippen molar-refractivity contribution in [3.63, 3.8) is 0 Å². The summed E-state index contributed by atoms with van der Waals surface area (Å²) in [6.45, 7) is 2.42. The SMILES string of the molecule is CN1CCC(N2CC3N(C(=O)OCc4ccccc4)c4ccc(F)cc4C(=O)N3[C@@H](CCCCN)C2=O)CC1. The van der Waals surface area contributed by atoms with Crippen LogP contribution < -0.4 is 10.6 Å². The van der Waals surface area contributed by atoms with E-state index in [2.05, 4.69) is 11.9 Å². The molecule has 5 rings (SSSR count). The zero-order valence-electron chi connectivity index (χ0n) is 22.3. The van der Waals surface area contributed by atoms with Crippen LogP contribution in [0.4, 0.5) is 14.9 Å². The topological polar surface area (TPSA) is 99.4 Å². The summed E-state index contributed by atoms with van der Waals surface area (Å²) < 4.78 is 20.1. The molecule has 0 aliphatic carbocycles. The zero-order chi connectivity index (χ0) is 27.5. The van der Waals surface area contributed by atoms with Crippen molar-refractivity contribution in [1.29, 1.82) is 0 Å². The van der Waals surface area contributed by atoms with Gasteiger partial charge in [-0.15, -0.1) is 0 Å². The highest BCUT2D eigenvalue weighted by Crippen LogP contribution is 2.38. The first-order valence-corrected chi connectivity index (χ1v) is 13.7. The monoisotopic (exact) mass is 537 g/mol. The number of piperazine rings is 1. The van der Waals surface area contributed by atoms with Crippen LogP contribution in [0.15, 0.2) is 48.5 Å². The predicted octanol–water partition coefficient (Wildman–Crippen LogP) is 3.18. The normalized spacial score (nSPS) is 22.1. The molecule has 1 unspecified atom stereocenters. The Hall–Kier alpha value is -3.50. The zero-order valence-corrected chi connectivity index (χ0v) is 22.3. The Bertz CT molecular complexity index is 1200. The largest absolute Gasteiger partial charge is 0.444 e. The summed E-state index contributed by atoms with van der Waals surface area (Å²) in [5, 5.41) is 0. The summed E-state index contributed by atoms with van der Waals surface area (Å²) in [5.41, 5.74) is 6.89. The Balaban J connectivity index is 1.52. The van der Waals surface area contributed by atoms with Gasteiger partial charge in [0, 0.05) is 6.04 Å². The van der Waals surface area contributed by atoms with Gasteiger partial charge >= 0.3 is 6.09 Å². The highest BCUT2D eigenvalue weighted by atomic mass is 19.1. The van der Waals surface area contributed by atoms with E-state index in [1.165, 1.54) is 21.9 Å². The molecule has 0 spiro atoms. The van der Waals surface area contributed by atoms with Gasteiger partial charge in [0.25, 0.3) is 5.91 Å². The molecule has 2 atom stereocenters. The number of nitrogens with zero attached hydrogens (tertiary/aromatic N) is 4. The Morgan fingerprint density at radius 1 is 1.08 bits per heavy atom. The standard InChI is InChI=1S/C29H36FN5O4/c1-32-15-12-22(13-16-32)33-18-26-34(25(28(33)37)9-5-6-14-31)27(36)23-17-21(30)10-11-24(23)35(26)29(38)39-19-20-7-3-2-4-8-20/h2-4,7-8,10-11,17,22,25-26H,5-6,9,12-16,18-19,31H2,1H3/t25-,26?/m0/s1. The minimum atomic E-state index is -0.775. The summed E-state index contributed by atoms with van der Waals surface area (Å²) in [6, 6.07) is 12.4. The van der Waals surface area contributed by atoms with Gasteiger partial charge in [-0.2, -0.15) is 0 Å². The molecule has 0 saturated carbocycles. The number of hydrogen-bond acceptors (Lipinski definition) is 6. The molecular weight excluding hydrogens is 501 g/mol. The maximum absolute atomic E-state index is 14.3. The van der Waals surface area contributed by atoms with E-state index in [9.17, 15) is 18.8 Å². The van der Waals surface area contributed by atoms with Gasteiger partial charge in [-0.05, 0) is 82.5 Å². The maximum atomic E-state index is 14.3. The van der Waals surface area contributed by atoms with Crippen LogP contribution in [0.1, 0.15) is 48.0 Å². The fourth-order valence-electron chi connectivity index (χ4n) is 5.93. The molecule has 2 aromatic rings. The lowest BCUT2D eigenvalue weighted by molar-refractivity contribution is -0.147. The van der Waals surface area contributed by atoms with Crippen molar-refractivity contribution in [2.75, 3.05) is 38.1 Å². The maximum Gasteiger partial charge on any atom is 0.416 e. The van der Waals surface area contributed by atoms with Gasteiger partial charge in [-0.1, -0.05) is 30.3 Å². The van der Waals surface area contributed by atoms with E-state index in [4.69, 9.17) is 10.5 Å². The highest BCUT2D eigenvalue weighted by molar-refractivity contribution is 6.08. The smallest absolute Gasteiger partial charge is 0.416 e. The van der Waals surface area contributed by atoms with Crippen molar-refractivity contribution in [3.05, 3.63) is 65.5 Å². The number of carbonyl (C=O) groups is 3. The van der Waals surface area contributed by atoms with Gasteiger partial charge in [0.05, 0.1) is 17.8 Å². The number of ether oxygens (including phenoxy) is 1. The van der Waals surface area contributed by atoms with Crippen molar-refractivity contribution in [1.82, 2.24) is 14.7 Å². The lowest BCUT2D eigenvalue weighted by atomic mass is 9.93. The average molecular weight is 538 g/mol. The Morgan fingerprint density at radius 3 is 2.54 bits per heavy atom. The van der Waals surface area contributed by atoms with E-state index < -0.39 is 30.0 Å². The molecule has 3 aliphatic heterocycles. The van der Waals surface area contributed by atoms with Gasteiger partial charge in [0.1, 0.15) is 24.6 Å². The minimum absolute atomic E-state index is 0.0137. The number of anilines is 1. The summed E-state index contributed by atoms with van der Waals surface area (Å²) >= 11 is 0. The van der Waals surface area contributed by atoms with Crippen LogP contribution in [0, 0.1) is 5.82 Å². The van der Waals surface area contributed by atoms with E-state index in [1.807, 2.05) is 35.2 Å². The molecular formula is C29H36FN5O4. The molecule has 3 heterocycles. The number of rotatable bonds is 7. The van der Waals surface area contributed by atoms with Crippen molar-refractivity contribution in [2.45, 2.75) is 57.0 Å². The average Bonchev–Trinajstić information content (AvgIpc) is 2.94. The number of carbonyl (C=O) groups excluding carboxylic acids is 3. The number of likely N-dealkylation sites (tertiary alicyclic amines) is 1. The molecule has 3 amide bonds. The molecule has 3 aliphatic rings. The molecule has 2 saturated heterocycles. The van der Waals surface area contributed by atoms with Crippen LogP contribution in [0.2, 0.25) is 0 Å². The first kappa shape index (κ1) is 27.1. The molecule has 2 N–H and O–H groups in total. The number of hydrogen-bond donors (Lipinski definition) is 1. The van der Waals surface area contributed by atoms with Gasteiger partial charge in [-0.25, -0.2) is 9.18 Å². The summed E-state index contributed by atoms with van der Waals surface area (Å²) in [5.74, 6) is -1.16. The molecule has 39 heavy (non-hydrogen) atoms. The number of benzene rings is 2. The first-order chi connectivity index (χ1) is 18.9. The van der Waals surface area contributed by atoms with Gasteiger partial charge in [-0.3, -0.25) is 14.5 Å². The van der Waals surface area contributed by atoms with Gasteiger partial charge in [0.2, 0.25) is 5.91 Å². The van der Waals surface area contributed by atoms with Crippen LogP contribution in [-0.4, -0.2) is 84.1 Å². The Kier molecular flexibility index (Phi) is 8.13. The Morgan fingerprint density at radius 2 is 1.82 bits per heavy atom. The third kappa shape index (κ3) is 5.49. The predicted molar refractivity (Wildman–Crippen MR) is 144 cm³/mol. The number of piperidine rings is 1. The van der Waals surface area contributed by atoms with Crippen LogP contribution in [0.5, 0.6) is 0 Å². The van der Waals surface area contributed by atoms with Crippen molar-refractivity contribution >= 4 is 23.6 Å². The number of halogens is 1. The number of fused-ring (bicyclic) bond motifs is 2. The number of nitrogens with two attached hydrogens (primary N) is 1. The van der Waals surface area contributed by atoms with E-state index in [0.717, 1.165) is 37.6 Å². The van der Waals surface area contributed by atoms with Crippen molar-refractivity contribution in [2.24, 2.45) is 5.73 Å². The lowest BCUT2D eigenvalue weighted by Gasteiger charge is -2.54. The van der Waals surface area contributed by atoms with Crippen LogP contribution in [0.25, 0.3) is 0 Å². The number of amides is 3. The van der Waals surface area contributed by atoms with Crippen LogP contribution in [0.3, 0.4) is 0 Å². The Labute approximate surface area is 228 Å². The van der Waals surface area contributed by atoms with Gasteiger partial charge in [0.15, 0.2) is 0 Å². The summed E-state index contributed by atoms with van der Waals surface area (Å²) in [7, 11) is 2.06. The molecule has 9 nitrogen and oxygen atoms in total. The van der Waals surface area contributed by atoms with E-state index >= 15 is 0 Å². The van der Waals surface area contributed by atoms with Crippen LogP contribution in [-0.2, 0) is 16.1 Å². The second-order valence-corrected chi connectivity index (χ2v) is 10.6. The lowest BCUT2D eigenvalue weighted by Crippen LogP contribution is -2.72. The highest BCUT2D eigenvalue weighted by Gasteiger charge is 2.52. The van der Waals surface area contributed by atoms with E-state index in [0.29, 0.717) is 31.5 Å². The molecule has 0 bridgehead atoms. The summed E-state index contributed by atoms with van der Waals surface area (Å²) in [4.78, 5) is 48.5. The third-order valence-corrected chi connectivity index (χ3v) is 8.03. The van der Waals surface area contributed by atoms with Crippen LogP contribution >= 0.6 is 0 Å². The van der Waals surface area contributed by atoms with Gasteiger partial charge < -0.3 is 25.2 Å².